The van der Waals surface area contributed by atoms with Gasteiger partial charge in [-0.2, -0.15) is 0 Å². The lowest BCUT2D eigenvalue weighted by molar-refractivity contribution is 0.202. The molecule has 0 radical (unpaired) electrons. The second-order valence-electron chi connectivity index (χ2n) is 4.74. The lowest BCUT2D eigenvalue weighted by Gasteiger charge is -2.31. The summed E-state index contributed by atoms with van der Waals surface area (Å²) in [7, 11) is -1.84. The molecule has 0 aliphatic carbocycles. The van der Waals surface area contributed by atoms with Crippen molar-refractivity contribution in [1.29, 1.82) is 0 Å². The molecule has 1 N–H and O–H groups in total. The Bertz CT molecular complexity index is 368. The van der Waals surface area contributed by atoms with Gasteiger partial charge in [0.1, 0.15) is 11.9 Å². The summed E-state index contributed by atoms with van der Waals surface area (Å²) in [6.45, 7) is 6.07. The van der Waals surface area contributed by atoms with E-state index in [1.165, 1.54) is 0 Å². The summed E-state index contributed by atoms with van der Waals surface area (Å²) in [5, 5.41) is 9.24. The Kier molecular flexibility index (Phi) is 4.78. The zero-order chi connectivity index (χ0) is 13.3. The predicted molar refractivity (Wildman–Crippen MR) is 75.6 cm³/mol. The SMILES string of the molecule is C[Si](C)(C)OC(c1ccc(O)cc1)C(Cl)(Cl)Cl. The van der Waals surface area contributed by atoms with Crippen LogP contribution in [0.5, 0.6) is 5.75 Å². The molecular weight excluding hydrogens is 299 g/mol. The van der Waals surface area contributed by atoms with E-state index >= 15 is 0 Å². The average molecular weight is 314 g/mol. The third-order valence-corrected chi connectivity index (χ3v) is 3.50. The fourth-order valence-corrected chi connectivity index (χ4v) is 3.08. The van der Waals surface area contributed by atoms with Gasteiger partial charge < -0.3 is 9.53 Å². The van der Waals surface area contributed by atoms with Gasteiger partial charge in [0.25, 0.3) is 0 Å². The third kappa shape index (κ3) is 5.06. The normalized spacial score (nSPS) is 14.7. The first-order valence-corrected chi connectivity index (χ1v) is 9.67. The van der Waals surface area contributed by atoms with Crippen LogP contribution in [0.2, 0.25) is 19.6 Å². The van der Waals surface area contributed by atoms with Crippen molar-refractivity contribution in [2.45, 2.75) is 29.5 Å². The van der Waals surface area contributed by atoms with Gasteiger partial charge in [0.2, 0.25) is 3.79 Å². The van der Waals surface area contributed by atoms with Crippen LogP contribution >= 0.6 is 34.8 Å². The second-order valence-corrected chi connectivity index (χ2v) is 11.6. The Hall–Kier alpha value is 0.0669. The Labute approximate surface area is 118 Å². The van der Waals surface area contributed by atoms with Gasteiger partial charge in [0.05, 0.1) is 0 Å². The summed E-state index contributed by atoms with van der Waals surface area (Å²) in [4.78, 5) is 0. The molecule has 96 valence electrons. The van der Waals surface area contributed by atoms with Crippen molar-refractivity contribution in [3.05, 3.63) is 29.8 Å². The molecule has 2 nitrogen and oxygen atoms in total. The molecular formula is C11H15Cl3O2Si. The Morgan fingerprint density at radius 2 is 1.59 bits per heavy atom. The predicted octanol–water partition coefficient (Wildman–Crippen LogP) is 4.66. The van der Waals surface area contributed by atoms with Crippen molar-refractivity contribution in [3.8, 4) is 5.75 Å². The molecule has 0 aliphatic heterocycles. The highest BCUT2D eigenvalue weighted by molar-refractivity contribution is 6.71. The van der Waals surface area contributed by atoms with Gasteiger partial charge in [-0.15, -0.1) is 0 Å². The van der Waals surface area contributed by atoms with Crippen molar-refractivity contribution in [3.63, 3.8) is 0 Å². The number of phenolic OH excluding ortho intramolecular Hbond substituents is 1. The topological polar surface area (TPSA) is 29.5 Å². The molecule has 0 saturated carbocycles. The van der Waals surface area contributed by atoms with E-state index in [2.05, 4.69) is 0 Å². The number of benzene rings is 1. The number of rotatable bonds is 3. The van der Waals surface area contributed by atoms with Crippen molar-refractivity contribution < 1.29 is 9.53 Å². The maximum atomic E-state index is 9.24. The number of hydrogen-bond donors (Lipinski definition) is 1. The van der Waals surface area contributed by atoms with E-state index in [1.54, 1.807) is 24.3 Å². The summed E-state index contributed by atoms with van der Waals surface area (Å²) < 4.78 is 4.36. The summed E-state index contributed by atoms with van der Waals surface area (Å²) >= 11 is 17.8. The zero-order valence-corrected chi connectivity index (χ0v) is 13.1. The highest BCUT2D eigenvalue weighted by atomic mass is 35.6. The van der Waals surface area contributed by atoms with Crippen molar-refractivity contribution in [2.24, 2.45) is 0 Å². The summed E-state index contributed by atoms with van der Waals surface area (Å²) in [5.41, 5.74) is 0.741. The molecule has 0 saturated heterocycles. The molecule has 0 bridgehead atoms. The zero-order valence-electron chi connectivity index (χ0n) is 9.88. The van der Waals surface area contributed by atoms with Crippen molar-refractivity contribution >= 4 is 43.1 Å². The van der Waals surface area contributed by atoms with E-state index in [0.29, 0.717) is 0 Å². The number of aromatic hydroxyl groups is 1. The van der Waals surface area contributed by atoms with Gasteiger partial charge in [-0.3, -0.25) is 0 Å². The molecule has 0 spiro atoms. The highest BCUT2D eigenvalue weighted by Crippen LogP contribution is 2.43. The van der Waals surface area contributed by atoms with Gasteiger partial charge in [0.15, 0.2) is 8.32 Å². The number of halogens is 3. The van der Waals surface area contributed by atoms with Crippen LogP contribution in [-0.2, 0) is 4.43 Å². The van der Waals surface area contributed by atoms with Crippen LogP contribution < -0.4 is 0 Å². The third-order valence-electron chi connectivity index (χ3n) is 1.96. The van der Waals surface area contributed by atoms with E-state index in [0.717, 1.165) is 5.56 Å². The molecule has 0 amide bonds. The van der Waals surface area contributed by atoms with E-state index < -0.39 is 18.2 Å². The van der Waals surface area contributed by atoms with E-state index in [-0.39, 0.29) is 5.75 Å². The quantitative estimate of drug-likeness (QED) is 0.650. The van der Waals surface area contributed by atoms with E-state index in [1.807, 2.05) is 19.6 Å². The van der Waals surface area contributed by atoms with Gasteiger partial charge >= 0.3 is 0 Å². The summed E-state index contributed by atoms with van der Waals surface area (Å²) in [6, 6.07) is 6.49. The van der Waals surface area contributed by atoms with Crippen LogP contribution in [0.1, 0.15) is 11.7 Å². The molecule has 0 aliphatic rings. The molecule has 0 heterocycles. The summed E-state index contributed by atoms with van der Waals surface area (Å²) in [5.74, 6) is 0.171. The van der Waals surface area contributed by atoms with Crippen LogP contribution in [0, 0.1) is 0 Å². The smallest absolute Gasteiger partial charge is 0.219 e. The standard InChI is InChI=1S/C11H15Cl3O2Si/c1-17(2,3)16-10(11(12,13)14)8-4-6-9(15)7-5-8/h4-7,10,15H,1-3H3. The molecule has 0 aromatic heterocycles. The molecule has 1 aromatic carbocycles. The minimum Gasteiger partial charge on any atom is -0.508 e. The van der Waals surface area contributed by atoms with Gasteiger partial charge in [-0.05, 0) is 37.3 Å². The fourth-order valence-electron chi connectivity index (χ4n) is 1.33. The minimum absolute atomic E-state index is 0.171. The fraction of sp³-hybridized carbons (Fsp3) is 0.455. The van der Waals surface area contributed by atoms with Crippen LogP contribution in [0.4, 0.5) is 0 Å². The maximum Gasteiger partial charge on any atom is 0.219 e. The first kappa shape index (κ1) is 15.1. The van der Waals surface area contributed by atoms with Gasteiger partial charge in [-0.25, -0.2) is 0 Å². The van der Waals surface area contributed by atoms with Gasteiger partial charge in [0, 0.05) is 0 Å². The highest BCUT2D eigenvalue weighted by Gasteiger charge is 2.37. The molecule has 1 rings (SSSR count). The van der Waals surface area contributed by atoms with Gasteiger partial charge in [-0.1, -0.05) is 46.9 Å². The number of alkyl halides is 3. The second kappa shape index (κ2) is 5.37. The molecule has 0 fully saturated rings. The summed E-state index contributed by atoms with van der Waals surface area (Å²) in [6.07, 6.45) is -0.625. The number of phenols is 1. The first-order valence-electron chi connectivity index (χ1n) is 5.13. The molecule has 1 atom stereocenters. The Morgan fingerprint density at radius 1 is 1.12 bits per heavy atom. The van der Waals surface area contributed by atoms with Crippen molar-refractivity contribution in [2.75, 3.05) is 0 Å². The van der Waals surface area contributed by atoms with Crippen LogP contribution in [-0.4, -0.2) is 17.2 Å². The number of hydrogen-bond acceptors (Lipinski definition) is 2. The van der Waals surface area contributed by atoms with Crippen LogP contribution in [0.25, 0.3) is 0 Å². The molecule has 6 heteroatoms. The lowest BCUT2D eigenvalue weighted by atomic mass is 10.1. The average Bonchev–Trinajstić information content (AvgIpc) is 2.13. The van der Waals surface area contributed by atoms with E-state index in [4.69, 9.17) is 39.2 Å². The van der Waals surface area contributed by atoms with Crippen LogP contribution in [0.3, 0.4) is 0 Å². The first-order chi connectivity index (χ1) is 7.59. The molecule has 1 unspecified atom stereocenters. The van der Waals surface area contributed by atoms with Crippen LogP contribution in [0.15, 0.2) is 24.3 Å². The largest absolute Gasteiger partial charge is 0.508 e. The molecule has 1 aromatic rings. The van der Waals surface area contributed by atoms with Crippen molar-refractivity contribution in [1.82, 2.24) is 0 Å². The Morgan fingerprint density at radius 3 is 1.94 bits per heavy atom. The Balaban J connectivity index is 3.03. The maximum absolute atomic E-state index is 9.24. The van der Waals surface area contributed by atoms with E-state index in [9.17, 15) is 5.11 Å². The minimum atomic E-state index is -1.84. The monoisotopic (exact) mass is 312 g/mol. The molecule has 17 heavy (non-hydrogen) atoms. The lowest BCUT2D eigenvalue weighted by Crippen LogP contribution is -2.33.